The number of hydrogen-bond acceptors (Lipinski definition) is 5. The molecule has 0 aliphatic carbocycles. The zero-order chi connectivity index (χ0) is 19.7. The highest BCUT2D eigenvalue weighted by Crippen LogP contribution is 2.27. The summed E-state index contributed by atoms with van der Waals surface area (Å²) >= 11 is 0. The van der Waals surface area contributed by atoms with Crippen molar-refractivity contribution in [2.24, 2.45) is 7.05 Å². The number of nitrogens with zero attached hydrogens (tertiary/aromatic N) is 6. The van der Waals surface area contributed by atoms with E-state index in [1.165, 1.54) is 23.4 Å². The van der Waals surface area contributed by atoms with E-state index in [4.69, 9.17) is 0 Å². The zero-order valence-electron chi connectivity index (χ0n) is 17.0. The summed E-state index contributed by atoms with van der Waals surface area (Å²) in [5, 5.41) is 4.52. The SMILES string of the molecule is Cc1nn(C)c(C)c1CN1CCN(c2nccnc2-c2ccc(F)cc2)CC1.Cl. The van der Waals surface area contributed by atoms with E-state index in [1.54, 1.807) is 24.5 Å². The molecule has 2 aromatic heterocycles. The van der Waals surface area contributed by atoms with Crippen LogP contribution in [0.15, 0.2) is 36.7 Å². The van der Waals surface area contributed by atoms with E-state index in [0.717, 1.165) is 55.5 Å². The largest absolute Gasteiger partial charge is 0.352 e. The standard InChI is InChI=1S/C21H25FN6.ClH/c1-15-19(16(2)26(3)25-15)14-27-10-12-28(13-11-27)21-20(23-8-9-24-21)17-4-6-18(22)7-5-17;/h4-9H,10-14H2,1-3H3;1H. The van der Waals surface area contributed by atoms with Crippen LogP contribution in [0.3, 0.4) is 0 Å². The minimum absolute atomic E-state index is 0. The van der Waals surface area contributed by atoms with Gasteiger partial charge < -0.3 is 4.90 Å². The monoisotopic (exact) mass is 416 g/mol. The first kappa shape index (κ1) is 21.2. The van der Waals surface area contributed by atoms with E-state index < -0.39 is 0 Å². The topological polar surface area (TPSA) is 50.1 Å². The first-order valence-corrected chi connectivity index (χ1v) is 9.56. The number of piperazine rings is 1. The van der Waals surface area contributed by atoms with E-state index in [1.807, 2.05) is 11.7 Å². The Kier molecular flexibility index (Phi) is 6.49. The number of anilines is 1. The molecule has 0 radical (unpaired) electrons. The predicted molar refractivity (Wildman–Crippen MR) is 115 cm³/mol. The van der Waals surface area contributed by atoms with Crippen LogP contribution in [0.5, 0.6) is 0 Å². The van der Waals surface area contributed by atoms with Gasteiger partial charge in [0.2, 0.25) is 0 Å². The maximum absolute atomic E-state index is 13.3. The van der Waals surface area contributed by atoms with Gasteiger partial charge in [0.25, 0.3) is 0 Å². The number of aryl methyl sites for hydroxylation is 2. The Morgan fingerprint density at radius 2 is 1.62 bits per heavy atom. The Bertz CT molecular complexity index is 964. The van der Waals surface area contributed by atoms with Crippen molar-refractivity contribution in [2.45, 2.75) is 20.4 Å². The van der Waals surface area contributed by atoms with Crippen molar-refractivity contribution in [3.63, 3.8) is 0 Å². The molecule has 4 rings (SSSR count). The third kappa shape index (κ3) is 4.41. The fraction of sp³-hybridized carbons (Fsp3) is 0.381. The molecular formula is C21H26ClFN6. The van der Waals surface area contributed by atoms with E-state index in [0.29, 0.717) is 0 Å². The van der Waals surface area contributed by atoms with Gasteiger partial charge in [0.05, 0.1) is 5.69 Å². The molecule has 0 spiro atoms. The second kappa shape index (κ2) is 8.88. The van der Waals surface area contributed by atoms with Gasteiger partial charge in [-0.25, -0.2) is 9.37 Å². The van der Waals surface area contributed by atoms with Gasteiger partial charge in [-0.3, -0.25) is 14.6 Å². The number of hydrogen-bond donors (Lipinski definition) is 0. The van der Waals surface area contributed by atoms with Crippen LogP contribution in [0.1, 0.15) is 17.0 Å². The second-order valence-corrected chi connectivity index (χ2v) is 7.27. The quantitative estimate of drug-likeness (QED) is 0.652. The fourth-order valence-corrected chi connectivity index (χ4v) is 3.76. The van der Waals surface area contributed by atoms with Gasteiger partial charge >= 0.3 is 0 Å². The highest BCUT2D eigenvalue weighted by molar-refractivity contribution is 5.85. The highest BCUT2D eigenvalue weighted by atomic mass is 35.5. The summed E-state index contributed by atoms with van der Waals surface area (Å²) in [7, 11) is 1.99. The molecule has 1 aromatic carbocycles. The van der Waals surface area contributed by atoms with E-state index in [9.17, 15) is 4.39 Å². The number of benzene rings is 1. The average Bonchev–Trinajstić information content (AvgIpc) is 2.95. The van der Waals surface area contributed by atoms with Crippen LogP contribution in [0.25, 0.3) is 11.3 Å². The fourth-order valence-electron chi connectivity index (χ4n) is 3.76. The van der Waals surface area contributed by atoms with Crippen LogP contribution >= 0.6 is 12.4 Å². The van der Waals surface area contributed by atoms with Gasteiger partial charge in [0.1, 0.15) is 11.5 Å². The maximum Gasteiger partial charge on any atom is 0.155 e. The predicted octanol–water partition coefficient (Wildman–Crippen LogP) is 3.38. The Labute approximate surface area is 176 Å². The number of rotatable bonds is 4. The van der Waals surface area contributed by atoms with Crippen LogP contribution in [0.4, 0.5) is 10.2 Å². The maximum atomic E-state index is 13.3. The molecule has 3 heterocycles. The number of halogens is 2. The van der Waals surface area contributed by atoms with Crippen molar-refractivity contribution in [3.8, 4) is 11.3 Å². The van der Waals surface area contributed by atoms with E-state index in [2.05, 4.69) is 38.7 Å². The van der Waals surface area contributed by atoms with Crippen molar-refractivity contribution in [1.82, 2.24) is 24.6 Å². The smallest absolute Gasteiger partial charge is 0.155 e. The lowest BCUT2D eigenvalue weighted by molar-refractivity contribution is 0.248. The Balaban J connectivity index is 0.00000240. The first-order valence-electron chi connectivity index (χ1n) is 9.56. The zero-order valence-corrected chi connectivity index (χ0v) is 17.8. The molecular weight excluding hydrogens is 391 g/mol. The van der Waals surface area contributed by atoms with Crippen molar-refractivity contribution in [3.05, 3.63) is 59.4 Å². The van der Waals surface area contributed by atoms with Gasteiger partial charge in [-0.15, -0.1) is 12.4 Å². The summed E-state index contributed by atoms with van der Waals surface area (Å²) in [5.41, 5.74) is 5.34. The van der Waals surface area contributed by atoms with E-state index in [-0.39, 0.29) is 18.2 Å². The third-order valence-electron chi connectivity index (χ3n) is 5.51. The van der Waals surface area contributed by atoms with Crippen molar-refractivity contribution >= 4 is 18.2 Å². The molecule has 29 heavy (non-hydrogen) atoms. The molecule has 0 bridgehead atoms. The van der Waals surface area contributed by atoms with Crippen molar-refractivity contribution < 1.29 is 4.39 Å². The van der Waals surface area contributed by atoms with Gasteiger partial charge in [0.15, 0.2) is 5.82 Å². The molecule has 0 unspecified atom stereocenters. The van der Waals surface area contributed by atoms with Crippen molar-refractivity contribution in [2.75, 3.05) is 31.1 Å². The summed E-state index contributed by atoms with van der Waals surface area (Å²) in [6.45, 7) is 8.79. The van der Waals surface area contributed by atoms with Gasteiger partial charge in [-0.2, -0.15) is 5.10 Å². The molecule has 8 heteroatoms. The molecule has 0 N–H and O–H groups in total. The molecule has 0 amide bonds. The van der Waals surface area contributed by atoms with Crippen LogP contribution in [0, 0.1) is 19.7 Å². The summed E-state index contributed by atoms with van der Waals surface area (Å²) in [4.78, 5) is 13.8. The summed E-state index contributed by atoms with van der Waals surface area (Å²) in [6, 6.07) is 6.44. The van der Waals surface area contributed by atoms with Crippen LogP contribution in [-0.4, -0.2) is 50.8 Å². The lowest BCUT2D eigenvalue weighted by atomic mass is 10.1. The molecule has 3 aromatic rings. The minimum Gasteiger partial charge on any atom is -0.352 e. The lowest BCUT2D eigenvalue weighted by Crippen LogP contribution is -2.46. The van der Waals surface area contributed by atoms with Crippen LogP contribution in [-0.2, 0) is 13.6 Å². The van der Waals surface area contributed by atoms with E-state index >= 15 is 0 Å². The highest BCUT2D eigenvalue weighted by Gasteiger charge is 2.23. The first-order chi connectivity index (χ1) is 13.5. The minimum atomic E-state index is -0.246. The van der Waals surface area contributed by atoms with Gasteiger partial charge in [-0.1, -0.05) is 0 Å². The van der Waals surface area contributed by atoms with Gasteiger partial charge in [0, 0.05) is 69.0 Å². The lowest BCUT2D eigenvalue weighted by Gasteiger charge is -2.36. The molecule has 154 valence electrons. The molecule has 1 saturated heterocycles. The summed E-state index contributed by atoms with van der Waals surface area (Å²) in [5.74, 6) is 0.617. The summed E-state index contributed by atoms with van der Waals surface area (Å²) in [6.07, 6.45) is 3.41. The van der Waals surface area contributed by atoms with Crippen LogP contribution in [0.2, 0.25) is 0 Å². The molecule has 6 nitrogen and oxygen atoms in total. The van der Waals surface area contributed by atoms with Crippen LogP contribution < -0.4 is 4.90 Å². The average molecular weight is 417 g/mol. The Morgan fingerprint density at radius 1 is 0.966 bits per heavy atom. The molecule has 1 aliphatic heterocycles. The normalized spacial score (nSPS) is 14.7. The Morgan fingerprint density at radius 3 is 2.24 bits per heavy atom. The Hall–Kier alpha value is -2.51. The van der Waals surface area contributed by atoms with Gasteiger partial charge in [-0.05, 0) is 38.1 Å². The molecule has 0 atom stereocenters. The molecule has 0 saturated carbocycles. The second-order valence-electron chi connectivity index (χ2n) is 7.27. The third-order valence-corrected chi connectivity index (χ3v) is 5.51. The molecule has 1 aliphatic rings. The number of aromatic nitrogens is 4. The molecule has 1 fully saturated rings. The summed E-state index contributed by atoms with van der Waals surface area (Å²) < 4.78 is 15.2. The van der Waals surface area contributed by atoms with Crippen molar-refractivity contribution in [1.29, 1.82) is 0 Å².